The third kappa shape index (κ3) is 7.58. The number of nitrogens with zero attached hydrogens (tertiary/aromatic N) is 1. The van der Waals surface area contributed by atoms with Crippen molar-refractivity contribution in [2.75, 3.05) is 13.1 Å². The molecular weight excluding hydrogens is 608 g/mol. The molecule has 3 aromatic carbocycles. The van der Waals surface area contributed by atoms with E-state index in [1.165, 1.54) is 0 Å². The predicted molar refractivity (Wildman–Crippen MR) is 184 cm³/mol. The molecule has 1 aliphatic heterocycles. The van der Waals surface area contributed by atoms with Crippen LogP contribution in [0.2, 0.25) is 0 Å². The quantitative estimate of drug-likeness (QED) is 0.128. The molecule has 11 nitrogen and oxygen atoms in total. The van der Waals surface area contributed by atoms with Crippen LogP contribution in [0.25, 0.3) is 10.9 Å². The van der Waals surface area contributed by atoms with Gasteiger partial charge in [0.2, 0.25) is 23.6 Å². The average Bonchev–Trinajstić information content (AvgIpc) is 3.72. The van der Waals surface area contributed by atoms with Gasteiger partial charge in [-0.05, 0) is 72.7 Å². The first kappa shape index (κ1) is 33.9. The zero-order valence-electron chi connectivity index (χ0n) is 27.2. The van der Waals surface area contributed by atoms with Gasteiger partial charge in [-0.1, -0.05) is 55.1 Å². The minimum Gasteiger partial charge on any atom is -0.508 e. The molecule has 4 atom stereocenters. The number of fused-ring (bicyclic) bond motifs is 1. The maximum absolute atomic E-state index is 14.0. The molecule has 250 valence electrons. The lowest BCUT2D eigenvalue weighted by Gasteiger charge is -2.25. The van der Waals surface area contributed by atoms with E-state index in [4.69, 9.17) is 11.5 Å². The summed E-state index contributed by atoms with van der Waals surface area (Å²) in [6, 6.07) is 17.1. The van der Waals surface area contributed by atoms with E-state index in [0.29, 0.717) is 24.9 Å². The van der Waals surface area contributed by atoms with Gasteiger partial charge in [-0.15, -0.1) is 0 Å². The molecule has 1 fully saturated rings. The van der Waals surface area contributed by atoms with E-state index in [9.17, 15) is 24.3 Å². The number of likely N-dealkylation sites (tertiary alicyclic amines) is 1. The molecule has 1 saturated heterocycles. The number of phenols is 1. The van der Waals surface area contributed by atoms with Crippen LogP contribution in [0.1, 0.15) is 40.3 Å². The summed E-state index contributed by atoms with van der Waals surface area (Å²) in [4.78, 5) is 58.0. The highest BCUT2D eigenvalue weighted by molar-refractivity contribution is 5.95. The van der Waals surface area contributed by atoms with E-state index in [1.807, 2.05) is 50.4 Å². The van der Waals surface area contributed by atoms with Crippen molar-refractivity contribution in [3.63, 3.8) is 0 Å². The molecule has 48 heavy (non-hydrogen) atoms. The van der Waals surface area contributed by atoms with Crippen molar-refractivity contribution >= 4 is 34.5 Å². The average molecular weight is 651 g/mol. The molecular formula is C37H42N6O5. The second-order valence-electron chi connectivity index (χ2n) is 12.5. The summed E-state index contributed by atoms with van der Waals surface area (Å²) in [5, 5.41) is 16.6. The standard InChI is InChI=1S/C37H42N6O5/c1-21-15-27(44)16-22(2)29(21)18-30(38)37(48)43-14-13-25(20-43)35(46)41-32(17-26-19-40-31-12-8-7-11-28(26)31)36(47)42-33(23(3)34(39)45)24-9-5-4-6-10-24/h4-12,15-16,19,25,30,32-33,40,44H,3,13-14,17-18,20,38H2,1-2H3,(H2,39,45)(H,41,46)(H,42,47)/t25-,30-,32-,33+/m0/s1. The highest BCUT2D eigenvalue weighted by atomic mass is 16.3. The number of phenolic OH excluding ortho intramolecular Hbond substituents is 1. The number of benzene rings is 3. The number of carbonyl (C=O) groups excluding carboxylic acids is 4. The fourth-order valence-electron chi connectivity index (χ4n) is 6.43. The van der Waals surface area contributed by atoms with Crippen molar-refractivity contribution in [2.24, 2.45) is 17.4 Å². The lowest BCUT2D eigenvalue weighted by molar-refractivity contribution is -0.133. The van der Waals surface area contributed by atoms with Gasteiger partial charge in [0.25, 0.3) is 0 Å². The summed E-state index contributed by atoms with van der Waals surface area (Å²) in [5.74, 6) is -2.30. The number of nitrogens with two attached hydrogens (primary N) is 2. The minimum absolute atomic E-state index is 0.00528. The maximum atomic E-state index is 14.0. The molecule has 1 aliphatic rings. The monoisotopic (exact) mass is 650 g/mol. The van der Waals surface area contributed by atoms with Gasteiger partial charge in [0.15, 0.2) is 0 Å². The number of nitrogens with one attached hydrogen (secondary N) is 3. The van der Waals surface area contributed by atoms with E-state index in [-0.39, 0.29) is 36.1 Å². The van der Waals surface area contributed by atoms with Gasteiger partial charge in [0.1, 0.15) is 11.8 Å². The molecule has 4 amide bonds. The number of hydrogen-bond acceptors (Lipinski definition) is 6. The summed E-state index contributed by atoms with van der Waals surface area (Å²) >= 11 is 0. The minimum atomic E-state index is -1.02. The fraction of sp³-hybridized carbons (Fsp3) is 0.297. The number of para-hydroxylation sites is 1. The van der Waals surface area contributed by atoms with Gasteiger partial charge in [-0.2, -0.15) is 0 Å². The number of aromatic amines is 1. The fourth-order valence-corrected chi connectivity index (χ4v) is 6.43. The summed E-state index contributed by atoms with van der Waals surface area (Å²) < 4.78 is 0. The lowest BCUT2D eigenvalue weighted by Crippen LogP contribution is -2.51. The van der Waals surface area contributed by atoms with Crippen LogP contribution in [-0.2, 0) is 32.0 Å². The van der Waals surface area contributed by atoms with Gasteiger partial charge in [0, 0.05) is 42.2 Å². The zero-order valence-corrected chi connectivity index (χ0v) is 27.2. The molecule has 0 bridgehead atoms. The molecule has 8 N–H and O–H groups in total. The molecule has 4 aromatic rings. The summed E-state index contributed by atoms with van der Waals surface area (Å²) in [6.45, 7) is 8.07. The molecule has 5 rings (SSSR count). The summed E-state index contributed by atoms with van der Waals surface area (Å²) in [5.41, 5.74) is 16.9. The molecule has 0 saturated carbocycles. The Morgan fingerprint density at radius 3 is 2.35 bits per heavy atom. The highest BCUT2D eigenvalue weighted by Gasteiger charge is 2.36. The van der Waals surface area contributed by atoms with Crippen LogP contribution < -0.4 is 22.1 Å². The van der Waals surface area contributed by atoms with Gasteiger partial charge < -0.3 is 37.1 Å². The number of H-pyrrole nitrogens is 1. The molecule has 0 spiro atoms. The molecule has 2 heterocycles. The Morgan fingerprint density at radius 1 is 1.00 bits per heavy atom. The van der Waals surface area contributed by atoms with Crippen LogP contribution in [0.15, 0.2) is 85.1 Å². The molecule has 11 heteroatoms. The predicted octanol–water partition coefficient (Wildman–Crippen LogP) is 2.84. The number of rotatable bonds is 12. The van der Waals surface area contributed by atoms with Crippen LogP contribution in [0.3, 0.4) is 0 Å². The Labute approximate surface area is 279 Å². The molecule has 1 aromatic heterocycles. The van der Waals surface area contributed by atoms with E-state index >= 15 is 0 Å². The van der Waals surface area contributed by atoms with Crippen LogP contribution >= 0.6 is 0 Å². The van der Waals surface area contributed by atoms with Gasteiger partial charge in [-0.3, -0.25) is 19.2 Å². The number of aryl methyl sites for hydroxylation is 2. The third-order valence-electron chi connectivity index (χ3n) is 9.11. The van der Waals surface area contributed by atoms with E-state index < -0.39 is 35.9 Å². The van der Waals surface area contributed by atoms with E-state index in [0.717, 1.165) is 33.2 Å². The first-order valence-electron chi connectivity index (χ1n) is 16.0. The number of aromatic nitrogens is 1. The Kier molecular flexibility index (Phi) is 10.3. The second-order valence-corrected chi connectivity index (χ2v) is 12.5. The normalized spacial score (nSPS) is 16.2. The van der Waals surface area contributed by atoms with Gasteiger partial charge in [0.05, 0.1) is 18.0 Å². The Morgan fingerprint density at radius 2 is 1.67 bits per heavy atom. The summed E-state index contributed by atoms with van der Waals surface area (Å²) in [6.07, 6.45) is 2.69. The van der Waals surface area contributed by atoms with E-state index in [2.05, 4.69) is 22.2 Å². The smallest absolute Gasteiger partial charge is 0.246 e. The van der Waals surface area contributed by atoms with Crippen LogP contribution in [0.4, 0.5) is 0 Å². The third-order valence-corrected chi connectivity index (χ3v) is 9.11. The van der Waals surface area contributed by atoms with Crippen molar-refractivity contribution < 1.29 is 24.3 Å². The molecule has 0 unspecified atom stereocenters. The number of carbonyl (C=O) groups is 4. The number of aromatic hydroxyl groups is 1. The van der Waals surface area contributed by atoms with Gasteiger partial charge >= 0.3 is 0 Å². The maximum Gasteiger partial charge on any atom is 0.246 e. The number of primary amides is 1. The van der Waals surface area contributed by atoms with Crippen LogP contribution in [-0.4, -0.2) is 63.8 Å². The van der Waals surface area contributed by atoms with Crippen molar-refractivity contribution in [3.05, 3.63) is 113 Å². The second kappa shape index (κ2) is 14.6. The molecule has 0 radical (unpaired) electrons. The zero-order chi connectivity index (χ0) is 34.5. The van der Waals surface area contributed by atoms with Crippen LogP contribution in [0.5, 0.6) is 5.75 Å². The Balaban J connectivity index is 1.32. The highest BCUT2D eigenvalue weighted by Crippen LogP contribution is 2.25. The molecule has 0 aliphatic carbocycles. The van der Waals surface area contributed by atoms with E-state index in [1.54, 1.807) is 41.3 Å². The Hall–Kier alpha value is -5.42. The van der Waals surface area contributed by atoms with Crippen molar-refractivity contribution in [3.8, 4) is 5.75 Å². The largest absolute Gasteiger partial charge is 0.508 e. The lowest BCUT2D eigenvalue weighted by atomic mass is 9.96. The van der Waals surface area contributed by atoms with Crippen molar-refractivity contribution in [1.82, 2.24) is 20.5 Å². The topological polar surface area (TPSA) is 184 Å². The number of hydrogen-bond donors (Lipinski definition) is 6. The van der Waals surface area contributed by atoms with Crippen molar-refractivity contribution in [1.29, 1.82) is 0 Å². The summed E-state index contributed by atoms with van der Waals surface area (Å²) in [7, 11) is 0. The number of amides is 4. The SMILES string of the molecule is C=C(C(N)=O)[C@@H](NC(=O)[C@H](Cc1c[nH]c2ccccc12)NC(=O)[C@H]1CCN(C(=O)[C@@H](N)Cc2c(C)cc(O)cc2C)C1)c1ccccc1. The first-order chi connectivity index (χ1) is 22.9. The Bertz CT molecular complexity index is 1830. The van der Waals surface area contributed by atoms with Gasteiger partial charge in [-0.25, -0.2) is 0 Å². The van der Waals surface area contributed by atoms with Crippen LogP contribution in [0, 0.1) is 19.8 Å². The van der Waals surface area contributed by atoms with Crippen molar-refractivity contribution in [2.45, 2.75) is 51.2 Å². The first-order valence-corrected chi connectivity index (χ1v) is 16.0.